The van der Waals surface area contributed by atoms with Gasteiger partial charge >= 0.3 is 0 Å². The second-order valence-electron chi connectivity index (χ2n) is 2.83. The highest BCUT2D eigenvalue weighted by molar-refractivity contribution is 4.90. The molecule has 3 nitrogen and oxygen atoms in total. The Bertz CT molecular complexity index is 92.5. The van der Waals surface area contributed by atoms with Crippen LogP contribution in [0.5, 0.6) is 0 Å². The summed E-state index contributed by atoms with van der Waals surface area (Å²) in [6.07, 6.45) is 2.64. The van der Waals surface area contributed by atoms with E-state index in [1.807, 2.05) is 0 Å². The molecule has 9 heavy (non-hydrogen) atoms. The van der Waals surface area contributed by atoms with Crippen LogP contribution >= 0.6 is 0 Å². The maximum absolute atomic E-state index is 3.46. The Morgan fingerprint density at radius 2 is 2.22 bits per heavy atom. The number of fused-ring (bicyclic) bond motifs is 1. The highest BCUT2D eigenvalue weighted by Gasteiger charge is 2.28. The van der Waals surface area contributed by atoms with Crippen LogP contribution in [0.2, 0.25) is 0 Å². The van der Waals surface area contributed by atoms with Gasteiger partial charge < -0.3 is 5.32 Å². The van der Waals surface area contributed by atoms with Crippen molar-refractivity contribution in [1.29, 1.82) is 0 Å². The fourth-order valence-corrected chi connectivity index (χ4v) is 1.64. The summed E-state index contributed by atoms with van der Waals surface area (Å²) in [5.41, 5.74) is 6.40. The zero-order valence-corrected chi connectivity index (χ0v) is 5.48. The van der Waals surface area contributed by atoms with Crippen molar-refractivity contribution in [2.45, 2.75) is 24.9 Å². The Morgan fingerprint density at radius 1 is 1.22 bits per heavy atom. The molecule has 3 N–H and O–H groups in total. The summed E-state index contributed by atoms with van der Waals surface area (Å²) < 4.78 is 0. The van der Waals surface area contributed by atoms with E-state index in [2.05, 4.69) is 16.2 Å². The van der Waals surface area contributed by atoms with E-state index in [1.165, 1.54) is 19.4 Å². The molecule has 2 heterocycles. The third-order valence-corrected chi connectivity index (χ3v) is 2.19. The van der Waals surface area contributed by atoms with Crippen molar-refractivity contribution < 1.29 is 0 Å². The molecule has 2 aliphatic rings. The van der Waals surface area contributed by atoms with Crippen LogP contribution in [0.4, 0.5) is 0 Å². The van der Waals surface area contributed by atoms with E-state index in [0.29, 0.717) is 12.1 Å². The Morgan fingerprint density at radius 3 is 3.11 bits per heavy atom. The molecule has 2 unspecified atom stereocenters. The van der Waals surface area contributed by atoms with Crippen molar-refractivity contribution in [3.05, 3.63) is 0 Å². The first kappa shape index (κ1) is 5.65. The van der Waals surface area contributed by atoms with Crippen molar-refractivity contribution >= 4 is 0 Å². The van der Waals surface area contributed by atoms with Gasteiger partial charge in [-0.05, 0) is 19.4 Å². The quantitative estimate of drug-likeness (QED) is 0.399. The summed E-state index contributed by atoms with van der Waals surface area (Å²) in [6.45, 7) is 2.29. The van der Waals surface area contributed by atoms with Crippen LogP contribution < -0.4 is 16.2 Å². The highest BCUT2D eigenvalue weighted by atomic mass is 15.4. The Kier molecular flexibility index (Phi) is 1.41. The molecule has 0 saturated carbocycles. The molecule has 2 saturated heterocycles. The lowest BCUT2D eigenvalue weighted by molar-refractivity contribution is 0.370. The minimum atomic E-state index is 0.693. The number of hydrogen-bond acceptors (Lipinski definition) is 3. The Labute approximate surface area is 55.2 Å². The molecule has 2 rings (SSSR count). The van der Waals surface area contributed by atoms with Crippen LogP contribution in [0, 0.1) is 0 Å². The lowest BCUT2D eigenvalue weighted by Crippen LogP contribution is -2.46. The summed E-state index contributed by atoms with van der Waals surface area (Å²) in [5.74, 6) is 0. The zero-order valence-electron chi connectivity index (χ0n) is 5.48. The van der Waals surface area contributed by atoms with Crippen LogP contribution in [-0.4, -0.2) is 25.2 Å². The predicted molar refractivity (Wildman–Crippen MR) is 36.0 cm³/mol. The van der Waals surface area contributed by atoms with Gasteiger partial charge in [0.2, 0.25) is 0 Å². The molecule has 2 atom stereocenters. The highest BCUT2D eigenvalue weighted by Crippen LogP contribution is 2.09. The fraction of sp³-hybridized carbons (Fsp3) is 1.00. The summed E-state index contributed by atoms with van der Waals surface area (Å²) in [7, 11) is 0. The molecule has 2 fully saturated rings. The monoisotopic (exact) mass is 127 g/mol. The van der Waals surface area contributed by atoms with E-state index in [0.717, 1.165) is 6.54 Å². The molecule has 0 aromatic rings. The van der Waals surface area contributed by atoms with Crippen LogP contribution in [-0.2, 0) is 0 Å². The topological polar surface area (TPSA) is 36.1 Å². The van der Waals surface area contributed by atoms with E-state index in [1.54, 1.807) is 0 Å². The largest absolute Gasteiger partial charge is 0.311 e. The molecule has 0 amide bonds. The van der Waals surface area contributed by atoms with Crippen LogP contribution in [0.1, 0.15) is 12.8 Å². The van der Waals surface area contributed by atoms with Crippen molar-refractivity contribution in [2.75, 3.05) is 13.1 Å². The number of hydrogen-bond donors (Lipinski definition) is 3. The Hall–Kier alpha value is -0.120. The lowest BCUT2D eigenvalue weighted by atomic mass is 10.0. The van der Waals surface area contributed by atoms with E-state index in [-0.39, 0.29) is 0 Å². The third-order valence-electron chi connectivity index (χ3n) is 2.19. The standard InChI is InChI=1S/C6H13N3/c1-2-5-6(7-3-1)4-8-9-5/h5-9H,1-4H2. The zero-order chi connectivity index (χ0) is 6.10. The van der Waals surface area contributed by atoms with Crippen molar-refractivity contribution in [2.24, 2.45) is 0 Å². The summed E-state index contributed by atoms with van der Waals surface area (Å²) in [5, 5.41) is 3.46. The number of piperidine rings is 1. The fourth-order valence-electron chi connectivity index (χ4n) is 1.64. The first-order chi connectivity index (χ1) is 4.47. The van der Waals surface area contributed by atoms with E-state index >= 15 is 0 Å². The first-order valence-electron chi connectivity index (χ1n) is 3.68. The second kappa shape index (κ2) is 2.25. The smallest absolute Gasteiger partial charge is 0.0379 e. The van der Waals surface area contributed by atoms with Gasteiger partial charge in [0.25, 0.3) is 0 Å². The minimum absolute atomic E-state index is 0.693. The van der Waals surface area contributed by atoms with Gasteiger partial charge in [-0.2, -0.15) is 0 Å². The minimum Gasteiger partial charge on any atom is -0.311 e. The van der Waals surface area contributed by atoms with Crippen LogP contribution in [0.15, 0.2) is 0 Å². The molecule has 3 heteroatoms. The van der Waals surface area contributed by atoms with Gasteiger partial charge in [0.15, 0.2) is 0 Å². The summed E-state index contributed by atoms with van der Waals surface area (Å²) in [6, 6.07) is 1.39. The van der Waals surface area contributed by atoms with E-state index in [9.17, 15) is 0 Å². The maximum atomic E-state index is 3.46. The maximum Gasteiger partial charge on any atom is 0.0379 e. The molecular weight excluding hydrogens is 114 g/mol. The molecule has 0 aliphatic carbocycles. The second-order valence-corrected chi connectivity index (χ2v) is 2.83. The molecule has 0 aromatic carbocycles. The SMILES string of the molecule is C1CNC2CNNC2C1. The molecule has 0 radical (unpaired) electrons. The van der Waals surface area contributed by atoms with Crippen LogP contribution in [0.3, 0.4) is 0 Å². The van der Waals surface area contributed by atoms with Gasteiger partial charge in [0, 0.05) is 18.6 Å². The van der Waals surface area contributed by atoms with Crippen molar-refractivity contribution in [3.8, 4) is 0 Å². The number of nitrogens with one attached hydrogen (secondary N) is 3. The van der Waals surface area contributed by atoms with Crippen LogP contribution in [0.25, 0.3) is 0 Å². The van der Waals surface area contributed by atoms with E-state index < -0.39 is 0 Å². The van der Waals surface area contributed by atoms with Gasteiger partial charge in [-0.25, -0.2) is 0 Å². The molecule has 0 spiro atoms. The molecular formula is C6H13N3. The van der Waals surface area contributed by atoms with Gasteiger partial charge in [-0.1, -0.05) is 0 Å². The lowest BCUT2D eigenvalue weighted by Gasteiger charge is -2.24. The van der Waals surface area contributed by atoms with Gasteiger partial charge in [-0.3, -0.25) is 10.9 Å². The average molecular weight is 127 g/mol. The summed E-state index contributed by atoms with van der Waals surface area (Å²) >= 11 is 0. The van der Waals surface area contributed by atoms with Gasteiger partial charge in [0.05, 0.1) is 0 Å². The molecule has 2 aliphatic heterocycles. The van der Waals surface area contributed by atoms with Crippen molar-refractivity contribution in [1.82, 2.24) is 16.2 Å². The van der Waals surface area contributed by atoms with Gasteiger partial charge in [0.1, 0.15) is 0 Å². The van der Waals surface area contributed by atoms with Gasteiger partial charge in [-0.15, -0.1) is 0 Å². The molecule has 52 valence electrons. The predicted octanol–water partition coefficient (Wildman–Crippen LogP) is -0.785. The molecule has 0 bridgehead atoms. The number of rotatable bonds is 0. The number of hydrazine groups is 1. The normalized spacial score (nSPS) is 42.7. The van der Waals surface area contributed by atoms with E-state index in [4.69, 9.17) is 0 Å². The summed E-state index contributed by atoms with van der Waals surface area (Å²) in [4.78, 5) is 0. The third kappa shape index (κ3) is 0.956. The first-order valence-corrected chi connectivity index (χ1v) is 3.68. The Balaban J connectivity index is 1.97. The molecule has 0 aromatic heterocycles. The van der Waals surface area contributed by atoms with Crippen molar-refractivity contribution in [3.63, 3.8) is 0 Å². The average Bonchev–Trinajstić information content (AvgIpc) is 2.33.